The maximum Gasteiger partial charge on any atom is 0.243 e. The first-order chi connectivity index (χ1) is 16.8. The van der Waals surface area contributed by atoms with Gasteiger partial charge in [-0.05, 0) is 56.2 Å². The second-order valence-electron chi connectivity index (χ2n) is 8.93. The second-order valence-corrected chi connectivity index (χ2v) is 10.5. The zero-order valence-electron chi connectivity index (χ0n) is 20.5. The maximum atomic E-state index is 13.6. The Hall–Kier alpha value is -2.76. The van der Waals surface area contributed by atoms with Gasteiger partial charge in [0.1, 0.15) is 6.04 Å². The number of rotatable bonds is 11. The number of halogens is 1. The molecular weight excluding hydrogens is 476 g/mol. The van der Waals surface area contributed by atoms with Crippen LogP contribution in [0, 0.1) is 6.92 Å². The minimum absolute atomic E-state index is 0.0161. The smallest absolute Gasteiger partial charge is 0.243 e. The maximum absolute atomic E-state index is 13.6. The van der Waals surface area contributed by atoms with E-state index in [0.717, 1.165) is 21.6 Å². The van der Waals surface area contributed by atoms with Gasteiger partial charge in [-0.15, -0.1) is 11.8 Å². The highest BCUT2D eigenvalue weighted by molar-refractivity contribution is 7.99. The Morgan fingerprint density at radius 3 is 2.20 bits per heavy atom. The molecule has 0 aliphatic heterocycles. The van der Waals surface area contributed by atoms with Gasteiger partial charge in [-0.25, -0.2) is 0 Å². The number of thioether (sulfide) groups is 1. The van der Waals surface area contributed by atoms with Gasteiger partial charge in [0.25, 0.3) is 0 Å². The van der Waals surface area contributed by atoms with Crippen molar-refractivity contribution in [2.24, 2.45) is 0 Å². The number of hydrogen-bond donors (Lipinski definition) is 1. The quantitative estimate of drug-likeness (QED) is 0.309. The fourth-order valence-corrected chi connectivity index (χ4v) is 4.72. The third-order valence-electron chi connectivity index (χ3n) is 5.57. The van der Waals surface area contributed by atoms with Crippen LogP contribution in [0.25, 0.3) is 0 Å². The molecule has 1 N–H and O–H groups in total. The van der Waals surface area contributed by atoms with E-state index in [-0.39, 0.29) is 17.9 Å². The van der Waals surface area contributed by atoms with E-state index in [4.69, 9.17) is 11.6 Å². The van der Waals surface area contributed by atoms with Gasteiger partial charge in [-0.1, -0.05) is 71.8 Å². The van der Waals surface area contributed by atoms with Crippen molar-refractivity contribution in [1.29, 1.82) is 0 Å². The van der Waals surface area contributed by atoms with Crippen LogP contribution < -0.4 is 5.32 Å². The summed E-state index contributed by atoms with van der Waals surface area (Å²) in [5.41, 5.74) is 3.18. The molecule has 0 bridgehead atoms. The molecule has 4 nitrogen and oxygen atoms in total. The molecule has 3 aromatic carbocycles. The average molecular weight is 509 g/mol. The van der Waals surface area contributed by atoms with E-state index < -0.39 is 6.04 Å². The van der Waals surface area contributed by atoms with E-state index in [1.807, 2.05) is 99.6 Å². The van der Waals surface area contributed by atoms with Crippen LogP contribution in [0.2, 0.25) is 5.02 Å². The highest BCUT2D eigenvalue weighted by Gasteiger charge is 2.30. The first-order valence-electron chi connectivity index (χ1n) is 11.9. The highest BCUT2D eigenvalue weighted by Crippen LogP contribution is 2.23. The number of nitrogens with one attached hydrogen (secondary N) is 1. The van der Waals surface area contributed by atoms with Crippen LogP contribution in [0.1, 0.15) is 37.0 Å². The van der Waals surface area contributed by atoms with Crippen LogP contribution in [0.4, 0.5) is 0 Å². The predicted octanol–water partition coefficient (Wildman–Crippen LogP) is 6.30. The second kappa shape index (κ2) is 13.4. The lowest BCUT2D eigenvalue weighted by molar-refractivity contribution is -0.141. The largest absolute Gasteiger partial charge is 0.352 e. The minimum atomic E-state index is -0.603. The molecule has 6 heteroatoms. The predicted molar refractivity (Wildman–Crippen MR) is 146 cm³/mol. The molecule has 35 heavy (non-hydrogen) atoms. The summed E-state index contributed by atoms with van der Waals surface area (Å²) in [7, 11) is 0. The summed E-state index contributed by atoms with van der Waals surface area (Å²) in [6.45, 7) is 6.29. The molecule has 0 aliphatic carbocycles. The molecule has 184 valence electrons. The van der Waals surface area contributed by atoms with Gasteiger partial charge in [0.05, 0.1) is 0 Å². The summed E-state index contributed by atoms with van der Waals surface area (Å²) < 4.78 is 0. The Bertz CT molecular complexity index is 1090. The normalized spacial score (nSPS) is 11.8. The molecule has 0 heterocycles. The monoisotopic (exact) mass is 508 g/mol. The van der Waals surface area contributed by atoms with Crippen LogP contribution in [0.3, 0.4) is 0 Å². The van der Waals surface area contributed by atoms with E-state index >= 15 is 0 Å². The molecule has 3 aromatic rings. The van der Waals surface area contributed by atoms with Gasteiger partial charge >= 0.3 is 0 Å². The summed E-state index contributed by atoms with van der Waals surface area (Å²) in [5.74, 6) is 0.455. The van der Waals surface area contributed by atoms with Gasteiger partial charge in [0, 0.05) is 41.1 Å². The Morgan fingerprint density at radius 2 is 1.57 bits per heavy atom. The van der Waals surface area contributed by atoms with Crippen molar-refractivity contribution in [3.8, 4) is 0 Å². The zero-order valence-corrected chi connectivity index (χ0v) is 22.1. The van der Waals surface area contributed by atoms with Crippen molar-refractivity contribution in [2.75, 3.05) is 5.75 Å². The van der Waals surface area contributed by atoms with Crippen molar-refractivity contribution in [2.45, 2.75) is 57.1 Å². The van der Waals surface area contributed by atoms with Crippen LogP contribution in [0.15, 0.2) is 83.8 Å². The van der Waals surface area contributed by atoms with Gasteiger partial charge in [-0.3, -0.25) is 9.59 Å². The molecule has 0 saturated heterocycles. The van der Waals surface area contributed by atoms with Crippen molar-refractivity contribution in [3.05, 3.63) is 101 Å². The lowest BCUT2D eigenvalue weighted by Gasteiger charge is -2.32. The van der Waals surface area contributed by atoms with E-state index in [2.05, 4.69) is 5.32 Å². The third kappa shape index (κ3) is 8.75. The molecule has 0 saturated carbocycles. The minimum Gasteiger partial charge on any atom is -0.352 e. The van der Waals surface area contributed by atoms with Gasteiger partial charge in [0.15, 0.2) is 0 Å². The Morgan fingerprint density at radius 1 is 0.914 bits per heavy atom. The number of carbonyl (C=O) groups is 2. The Balaban J connectivity index is 1.83. The van der Waals surface area contributed by atoms with Gasteiger partial charge in [-0.2, -0.15) is 0 Å². The summed E-state index contributed by atoms with van der Waals surface area (Å²) in [6.07, 6.45) is 0.792. The Kier molecular flexibility index (Phi) is 10.2. The lowest BCUT2D eigenvalue weighted by atomic mass is 10.0. The van der Waals surface area contributed by atoms with Crippen LogP contribution in [-0.2, 0) is 22.6 Å². The van der Waals surface area contributed by atoms with Gasteiger partial charge in [0.2, 0.25) is 11.8 Å². The van der Waals surface area contributed by atoms with Gasteiger partial charge < -0.3 is 10.2 Å². The molecule has 1 unspecified atom stereocenters. The molecule has 0 fully saturated rings. The number of aryl methyl sites for hydroxylation is 1. The molecule has 0 spiro atoms. The van der Waals surface area contributed by atoms with E-state index in [1.165, 1.54) is 0 Å². The van der Waals surface area contributed by atoms with Crippen molar-refractivity contribution >= 4 is 35.2 Å². The third-order valence-corrected chi connectivity index (χ3v) is 6.84. The summed E-state index contributed by atoms with van der Waals surface area (Å²) in [6, 6.07) is 25.0. The standard InChI is InChI=1S/C29H33ClN2O2S/c1-21(2)31-29(34)27(19-23-7-5-4-6-8-23)32(20-24-11-9-22(3)10-12-24)28(33)17-18-35-26-15-13-25(30)14-16-26/h4-16,21,27H,17-20H2,1-3H3,(H,31,34). The average Bonchev–Trinajstić information content (AvgIpc) is 2.84. The zero-order chi connectivity index (χ0) is 25.2. The number of carbonyl (C=O) groups excluding carboxylic acids is 2. The van der Waals surface area contributed by atoms with E-state index in [0.29, 0.717) is 30.2 Å². The summed E-state index contributed by atoms with van der Waals surface area (Å²) >= 11 is 7.59. The summed E-state index contributed by atoms with van der Waals surface area (Å²) in [5, 5.41) is 3.72. The lowest BCUT2D eigenvalue weighted by Crippen LogP contribution is -2.51. The number of benzene rings is 3. The number of hydrogen-bond acceptors (Lipinski definition) is 3. The SMILES string of the molecule is Cc1ccc(CN(C(=O)CCSc2ccc(Cl)cc2)C(Cc2ccccc2)C(=O)NC(C)C)cc1. The fraction of sp³-hybridized carbons (Fsp3) is 0.310. The van der Waals surface area contributed by atoms with Crippen molar-refractivity contribution < 1.29 is 9.59 Å². The number of amides is 2. The Labute approximate surface area is 218 Å². The molecular formula is C29H33ClN2O2S. The van der Waals surface area contributed by atoms with Crippen molar-refractivity contribution in [1.82, 2.24) is 10.2 Å². The fourth-order valence-electron chi connectivity index (χ4n) is 3.76. The van der Waals surface area contributed by atoms with E-state index in [9.17, 15) is 9.59 Å². The molecule has 0 aliphatic rings. The van der Waals surface area contributed by atoms with Crippen LogP contribution in [-0.4, -0.2) is 34.6 Å². The molecule has 0 radical (unpaired) electrons. The molecule has 1 atom stereocenters. The van der Waals surface area contributed by atoms with Crippen LogP contribution in [0.5, 0.6) is 0 Å². The van der Waals surface area contributed by atoms with Crippen LogP contribution >= 0.6 is 23.4 Å². The first kappa shape index (κ1) is 26.8. The summed E-state index contributed by atoms with van der Waals surface area (Å²) in [4.78, 5) is 29.8. The first-order valence-corrected chi connectivity index (χ1v) is 13.3. The molecule has 0 aromatic heterocycles. The number of nitrogens with zero attached hydrogens (tertiary/aromatic N) is 1. The van der Waals surface area contributed by atoms with E-state index in [1.54, 1.807) is 16.7 Å². The highest BCUT2D eigenvalue weighted by atomic mass is 35.5. The molecule has 3 rings (SSSR count). The molecule has 2 amide bonds. The van der Waals surface area contributed by atoms with Crippen molar-refractivity contribution in [3.63, 3.8) is 0 Å². The topological polar surface area (TPSA) is 49.4 Å².